The molecule has 0 radical (unpaired) electrons. The summed E-state index contributed by atoms with van der Waals surface area (Å²) in [5, 5.41) is -0.610. The lowest BCUT2D eigenvalue weighted by Crippen LogP contribution is -2.44. The topological polar surface area (TPSA) is 91.7 Å². The highest BCUT2D eigenvalue weighted by atomic mass is 35.5. The second-order valence-electron chi connectivity index (χ2n) is 12.4. The van der Waals surface area contributed by atoms with Crippen molar-refractivity contribution < 1.29 is 22.3 Å². The fourth-order valence-electron chi connectivity index (χ4n) is 7.12. The minimum absolute atomic E-state index is 0.0515. The molecule has 0 bridgehead atoms. The van der Waals surface area contributed by atoms with Crippen molar-refractivity contribution in [1.82, 2.24) is 0 Å². The van der Waals surface area contributed by atoms with E-state index in [0.29, 0.717) is 31.8 Å². The summed E-state index contributed by atoms with van der Waals surface area (Å²) in [7, 11) is -7.35. The van der Waals surface area contributed by atoms with Gasteiger partial charge in [0.15, 0.2) is 9.84 Å². The average molecular weight is 684 g/mol. The van der Waals surface area contributed by atoms with Crippen LogP contribution in [-0.4, -0.2) is 33.8 Å². The average Bonchev–Trinajstić information content (AvgIpc) is 3.01. The summed E-state index contributed by atoms with van der Waals surface area (Å²) in [5.41, 5.74) is 4.25. The van der Waals surface area contributed by atoms with E-state index in [1.807, 2.05) is 56.3 Å². The van der Waals surface area contributed by atoms with Crippen LogP contribution < -0.4 is 0 Å². The summed E-state index contributed by atoms with van der Waals surface area (Å²) in [6, 6.07) is 21.4. The van der Waals surface area contributed by atoms with E-state index >= 15 is 0 Å². The van der Waals surface area contributed by atoms with E-state index < -0.39 is 48.7 Å². The van der Waals surface area contributed by atoms with Gasteiger partial charge in [-0.25, -0.2) is 8.42 Å². The Hall–Kier alpha value is -2.65. The summed E-state index contributed by atoms with van der Waals surface area (Å²) in [6.45, 7) is 3.92. The number of sulfone groups is 1. The third-order valence-electron chi connectivity index (χ3n) is 9.50. The molecule has 0 saturated heterocycles. The van der Waals surface area contributed by atoms with Crippen molar-refractivity contribution in [2.24, 2.45) is 5.92 Å². The van der Waals surface area contributed by atoms with E-state index in [2.05, 4.69) is 0 Å². The quantitative estimate of drug-likeness (QED) is 0.270. The van der Waals surface area contributed by atoms with Gasteiger partial charge in [-0.2, -0.15) is 0 Å². The van der Waals surface area contributed by atoms with Crippen molar-refractivity contribution in [2.75, 3.05) is 0 Å². The number of benzene rings is 3. The molecule has 3 aromatic rings. The molecule has 3 aromatic carbocycles. The maximum absolute atomic E-state index is 14.4. The molecule has 2 N–H and O–H groups in total. The van der Waals surface area contributed by atoms with Crippen LogP contribution in [0.25, 0.3) is 0 Å². The molecule has 236 valence electrons. The maximum atomic E-state index is 14.4. The van der Waals surface area contributed by atoms with Crippen molar-refractivity contribution in [2.45, 2.75) is 66.8 Å². The van der Waals surface area contributed by atoms with Gasteiger partial charge in [-0.05, 0) is 86.2 Å². The molecule has 5 unspecified atom stereocenters. The summed E-state index contributed by atoms with van der Waals surface area (Å²) >= 11 is 12.6. The zero-order valence-electron chi connectivity index (χ0n) is 25.1. The first-order chi connectivity index (χ1) is 21.4. The van der Waals surface area contributed by atoms with Crippen LogP contribution in [0.2, 0.25) is 10.0 Å². The first kappa shape index (κ1) is 32.3. The number of aryl methyl sites for hydroxylation is 1. The van der Waals surface area contributed by atoms with E-state index in [-0.39, 0.29) is 25.0 Å². The van der Waals surface area contributed by atoms with Gasteiger partial charge in [0.25, 0.3) is 0 Å². The number of carbonyl (C=O) groups is 1. The Morgan fingerprint density at radius 2 is 1.53 bits per heavy atom. The highest BCUT2D eigenvalue weighted by Gasteiger charge is 2.51. The number of hydrogen-bond donors (Lipinski definition) is 2. The third-order valence-corrected chi connectivity index (χ3v) is 14.6. The van der Waals surface area contributed by atoms with Gasteiger partial charge in [0.05, 0.1) is 15.4 Å². The molecular formula is C36H36Cl2O5S2. The first-order valence-electron chi connectivity index (χ1n) is 15.1. The number of rotatable bonds is 6. The van der Waals surface area contributed by atoms with Crippen LogP contribution in [0, 0.1) is 12.8 Å². The highest BCUT2D eigenvalue weighted by Crippen LogP contribution is 2.66. The van der Waals surface area contributed by atoms with Gasteiger partial charge in [0, 0.05) is 39.1 Å². The Kier molecular flexibility index (Phi) is 8.98. The van der Waals surface area contributed by atoms with Gasteiger partial charge >= 0.3 is 0 Å². The molecule has 6 rings (SSSR count). The molecule has 3 aliphatic rings. The Balaban J connectivity index is 1.55. The predicted molar refractivity (Wildman–Crippen MR) is 184 cm³/mol. The number of carbonyl (C=O) groups excluding carboxylic acids is 1. The zero-order chi connectivity index (χ0) is 32.1. The fraction of sp³-hybridized carbons (Fsp3) is 0.306. The molecule has 3 aliphatic carbocycles. The van der Waals surface area contributed by atoms with Gasteiger partial charge in [-0.1, -0.05) is 89.0 Å². The molecule has 0 amide bonds. The van der Waals surface area contributed by atoms with Crippen molar-refractivity contribution in [3.8, 4) is 0 Å². The van der Waals surface area contributed by atoms with Gasteiger partial charge in [0.2, 0.25) is 0 Å². The molecule has 1 fully saturated rings. The second kappa shape index (κ2) is 12.5. The van der Waals surface area contributed by atoms with Gasteiger partial charge < -0.3 is 0 Å². The Morgan fingerprint density at radius 1 is 0.822 bits per heavy atom. The van der Waals surface area contributed by atoms with E-state index in [1.165, 1.54) is 0 Å². The highest BCUT2D eigenvalue weighted by molar-refractivity contribution is 8.27. The monoisotopic (exact) mass is 682 g/mol. The number of ketones is 1. The van der Waals surface area contributed by atoms with Crippen LogP contribution in [0.5, 0.6) is 0 Å². The Bertz CT molecular complexity index is 1830. The number of hydrogen-bond acceptors (Lipinski definition) is 5. The maximum Gasteiger partial charge on any atom is 0.160 e. The fourth-order valence-corrected chi connectivity index (χ4v) is 11.7. The van der Waals surface area contributed by atoms with Crippen LogP contribution >= 0.6 is 33.8 Å². The molecule has 0 spiro atoms. The molecule has 1 saturated carbocycles. The number of Topliss-reactive ketones (excluding diaryl/α,β-unsaturated/α-hetero) is 1. The summed E-state index contributed by atoms with van der Waals surface area (Å²) in [5.74, 6) is -1.95. The van der Waals surface area contributed by atoms with Crippen molar-refractivity contribution >= 4 is 49.4 Å². The molecule has 0 aromatic heterocycles. The minimum atomic E-state index is -3.76. The second-order valence-corrected chi connectivity index (χ2v) is 17.7. The van der Waals surface area contributed by atoms with Crippen molar-refractivity contribution in [1.29, 1.82) is 0 Å². The van der Waals surface area contributed by atoms with E-state index in [0.717, 1.165) is 22.3 Å². The normalized spacial score (nSPS) is 26.0. The van der Waals surface area contributed by atoms with Crippen molar-refractivity contribution in [3.05, 3.63) is 134 Å². The van der Waals surface area contributed by atoms with Gasteiger partial charge in [-0.15, -0.1) is 10.6 Å². The SMILES string of the molecule is CC1=CCC(S(=O)(=O)C2CC3C(=O)CC(c4ccc(C)cc4)C(S(O)(O)c4ccc(Cl)cc4)=C3CC2c2cccc(Cl)c2)C=C1. The molecule has 5 atom stereocenters. The Morgan fingerprint density at radius 3 is 2.18 bits per heavy atom. The molecule has 0 aliphatic heterocycles. The first-order valence-corrected chi connectivity index (χ1v) is 19.0. The van der Waals surface area contributed by atoms with Gasteiger partial charge in [0.1, 0.15) is 5.78 Å². The number of allylic oxidation sites excluding steroid dienone is 5. The van der Waals surface area contributed by atoms with Crippen molar-refractivity contribution in [3.63, 3.8) is 0 Å². The largest absolute Gasteiger partial charge is 0.299 e. The smallest absolute Gasteiger partial charge is 0.160 e. The molecule has 45 heavy (non-hydrogen) atoms. The lowest BCUT2D eigenvalue weighted by molar-refractivity contribution is -0.123. The summed E-state index contributed by atoms with van der Waals surface area (Å²) < 4.78 is 53.1. The standard InChI is InChI=1S/C36H36Cl2O5S2/c1-22-6-10-24(11-7-22)31-20-34(39)32-21-35(44(40,41)28-14-8-23(2)9-15-28)30(25-4-3-5-27(38)18-25)19-33(32)36(31)45(42,43)29-16-12-26(37)13-17-29/h3-14,16-18,28,30-32,35,42-43H,15,19-21H2,1-2H3. The Labute approximate surface area is 276 Å². The summed E-state index contributed by atoms with van der Waals surface area (Å²) in [4.78, 5) is 14.8. The van der Waals surface area contributed by atoms with Crippen LogP contribution in [0.3, 0.4) is 0 Å². The van der Waals surface area contributed by atoms with Crippen LogP contribution in [0.4, 0.5) is 0 Å². The summed E-state index contributed by atoms with van der Waals surface area (Å²) in [6.07, 6.45) is 6.21. The van der Waals surface area contributed by atoms with E-state index in [9.17, 15) is 22.3 Å². The number of halogens is 2. The zero-order valence-corrected chi connectivity index (χ0v) is 28.2. The van der Waals surface area contributed by atoms with E-state index in [1.54, 1.807) is 48.5 Å². The molecular weight excluding hydrogens is 647 g/mol. The van der Waals surface area contributed by atoms with Gasteiger partial charge in [-0.3, -0.25) is 13.9 Å². The van der Waals surface area contributed by atoms with E-state index in [4.69, 9.17) is 23.2 Å². The van der Waals surface area contributed by atoms with Crippen LogP contribution in [-0.2, 0) is 14.6 Å². The number of fused-ring (bicyclic) bond motifs is 1. The van der Waals surface area contributed by atoms with Crippen LogP contribution in [0.15, 0.2) is 112 Å². The lowest BCUT2D eigenvalue weighted by atomic mass is 9.68. The van der Waals surface area contributed by atoms with Crippen LogP contribution in [0.1, 0.15) is 61.1 Å². The minimum Gasteiger partial charge on any atom is -0.299 e. The third kappa shape index (κ3) is 6.23. The molecule has 9 heteroatoms. The molecule has 5 nitrogen and oxygen atoms in total. The molecule has 0 heterocycles. The lowest BCUT2D eigenvalue weighted by Gasteiger charge is -2.48. The predicted octanol–water partition coefficient (Wildman–Crippen LogP) is 9.67.